The highest BCUT2D eigenvalue weighted by Crippen LogP contribution is 2.32. The van der Waals surface area contributed by atoms with Gasteiger partial charge in [-0.3, -0.25) is 4.98 Å². The maximum Gasteiger partial charge on any atom is 0.232 e. The van der Waals surface area contributed by atoms with E-state index in [1.807, 2.05) is 18.2 Å². The predicted molar refractivity (Wildman–Crippen MR) is 133 cm³/mol. The van der Waals surface area contributed by atoms with Crippen LogP contribution in [0.2, 0.25) is 0 Å². The molecule has 10 nitrogen and oxygen atoms in total. The van der Waals surface area contributed by atoms with Gasteiger partial charge in [0.2, 0.25) is 5.88 Å². The van der Waals surface area contributed by atoms with Crippen molar-refractivity contribution in [2.75, 3.05) is 24.6 Å². The molecule has 0 radical (unpaired) electrons. The Kier molecular flexibility index (Phi) is 6.40. The largest absolute Gasteiger partial charge is 0.489 e. The van der Waals surface area contributed by atoms with E-state index in [0.717, 1.165) is 42.9 Å². The Morgan fingerprint density at radius 3 is 2.64 bits per heavy atom. The fourth-order valence-electron chi connectivity index (χ4n) is 4.19. The molecule has 0 amide bonds. The number of aliphatic hydroxyl groups is 1. The SMILES string of the molecule is CC(C)(O)COc1cc(-c2ccc(N3CCC(Oc4cnccn4)CC3)nc2)c2c(C#N)cnn2c1. The molecule has 0 unspecified atom stereocenters. The zero-order chi connectivity index (χ0) is 25.1. The summed E-state index contributed by atoms with van der Waals surface area (Å²) in [6, 6.07) is 8.05. The molecule has 184 valence electrons. The van der Waals surface area contributed by atoms with Crippen molar-refractivity contribution in [3.05, 3.63) is 60.9 Å². The third-order valence-electron chi connectivity index (χ3n) is 5.95. The van der Waals surface area contributed by atoms with Crippen LogP contribution in [0, 0.1) is 11.3 Å². The fourth-order valence-corrected chi connectivity index (χ4v) is 4.19. The van der Waals surface area contributed by atoms with Crippen LogP contribution in [0.25, 0.3) is 16.6 Å². The third-order valence-corrected chi connectivity index (χ3v) is 5.95. The zero-order valence-electron chi connectivity index (χ0n) is 20.2. The highest BCUT2D eigenvalue weighted by atomic mass is 16.5. The number of ether oxygens (including phenoxy) is 2. The van der Waals surface area contributed by atoms with Crippen LogP contribution in [0.5, 0.6) is 11.6 Å². The van der Waals surface area contributed by atoms with Gasteiger partial charge in [0.05, 0.1) is 35.3 Å². The second kappa shape index (κ2) is 9.79. The molecule has 1 aliphatic heterocycles. The van der Waals surface area contributed by atoms with Crippen molar-refractivity contribution in [3.63, 3.8) is 0 Å². The Hall–Kier alpha value is -4.23. The van der Waals surface area contributed by atoms with Gasteiger partial charge in [-0.2, -0.15) is 10.4 Å². The van der Waals surface area contributed by atoms with Gasteiger partial charge in [0.15, 0.2) is 0 Å². The molecular weight excluding hydrogens is 458 g/mol. The first-order valence-electron chi connectivity index (χ1n) is 11.8. The molecule has 1 aliphatic rings. The number of piperidine rings is 1. The van der Waals surface area contributed by atoms with E-state index in [-0.39, 0.29) is 12.7 Å². The minimum atomic E-state index is -0.979. The van der Waals surface area contributed by atoms with Crippen molar-refractivity contribution in [1.29, 1.82) is 5.26 Å². The van der Waals surface area contributed by atoms with Gasteiger partial charge < -0.3 is 19.5 Å². The van der Waals surface area contributed by atoms with E-state index in [2.05, 4.69) is 26.0 Å². The van der Waals surface area contributed by atoms with Crippen LogP contribution in [0.3, 0.4) is 0 Å². The molecule has 4 aromatic rings. The molecule has 5 rings (SSSR count). The first kappa shape index (κ1) is 23.5. The maximum atomic E-state index is 10.0. The second-order valence-electron chi connectivity index (χ2n) is 9.41. The summed E-state index contributed by atoms with van der Waals surface area (Å²) in [5.41, 5.74) is 1.80. The van der Waals surface area contributed by atoms with E-state index in [4.69, 9.17) is 14.5 Å². The molecule has 36 heavy (non-hydrogen) atoms. The second-order valence-corrected chi connectivity index (χ2v) is 9.41. The monoisotopic (exact) mass is 485 g/mol. The number of hydrogen-bond donors (Lipinski definition) is 1. The van der Waals surface area contributed by atoms with Crippen LogP contribution in [0.1, 0.15) is 32.3 Å². The first-order valence-corrected chi connectivity index (χ1v) is 11.8. The summed E-state index contributed by atoms with van der Waals surface area (Å²) in [4.78, 5) is 15.2. The van der Waals surface area contributed by atoms with Crippen LogP contribution in [0.15, 0.2) is 55.4 Å². The number of rotatable bonds is 7. The number of nitriles is 1. The Balaban J connectivity index is 1.34. The molecule has 0 bridgehead atoms. The van der Waals surface area contributed by atoms with Crippen LogP contribution in [-0.2, 0) is 0 Å². The number of fused-ring (bicyclic) bond motifs is 1. The molecule has 1 fully saturated rings. The van der Waals surface area contributed by atoms with Crippen LogP contribution >= 0.6 is 0 Å². The number of pyridine rings is 2. The van der Waals surface area contributed by atoms with E-state index >= 15 is 0 Å². The van der Waals surface area contributed by atoms with Crippen LogP contribution in [-0.4, -0.2) is 61.1 Å². The molecule has 0 atom stereocenters. The van der Waals surface area contributed by atoms with Crippen molar-refractivity contribution in [2.45, 2.75) is 38.4 Å². The lowest BCUT2D eigenvalue weighted by molar-refractivity contribution is 0.0283. The van der Waals surface area contributed by atoms with Crippen molar-refractivity contribution in [2.24, 2.45) is 0 Å². The minimum absolute atomic E-state index is 0.100. The summed E-state index contributed by atoms with van der Waals surface area (Å²) >= 11 is 0. The van der Waals surface area contributed by atoms with Gasteiger partial charge in [-0.15, -0.1) is 0 Å². The average Bonchev–Trinajstić information content (AvgIpc) is 3.31. The maximum absolute atomic E-state index is 10.0. The topological polar surface area (TPSA) is 122 Å². The number of nitrogens with zero attached hydrogens (tertiary/aromatic N) is 7. The molecule has 0 aliphatic carbocycles. The Morgan fingerprint density at radius 1 is 1.14 bits per heavy atom. The standard InChI is InChI=1S/C26H27N7O3/c1-26(2,34)17-35-21-11-22(25-19(12-27)14-31-33(25)16-21)18-3-4-23(30-13-18)32-9-5-20(6-10-32)36-24-15-28-7-8-29-24/h3-4,7-8,11,13-16,20,34H,5-6,9-10,17H2,1-2H3. The summed E-state index contributed by atoms with van der Waals surface area (Å²) in [5, 5.41) is 24.0. The molecular formula is C26H27N7O3. The zero-order valence-corrected chi connectivity index (χ0v) is 20.2. The summed E-state index contributed by atoms with van der Waals surface area (Å²) in [7, 11) is 0. The van der Waals surface area contributed by atoms with E-state index in [0.29, 0.717) is 22.7 Å². The normalized spacial score (nSPS) is 14.6. The lowest BCUT2D eigenvalue weighted by Crippen LogP contribution is -2.38. The highest BCUT2D eigenvalue weighted by molar-refractivity contribution is 5.85. The van der Waals surface area contributed by atoms with Crippen molar-refractivity contribution in [1.82, 2.24) is 24.6 Å². The van der Waals surface area contributed by atoms with Gasteiger partial charge in [0.25, 0.3) is 0 Å². The summed E-state index contributed by atoms with van der Waals surface area (Å²) in [5.74, 6) is 1.98. The molecule has 0 saturated carbocycles. The van der Waals surface area contributed by atoms with Gasteiger partial charge in [0.1, 0.15) is 30.3 Å². The quantitative estimate of drug-likeness (QED) is 0.420. The summed E-state index contributed by atoms with van der Waals surface area (Å²) in [6.07, 6.45) is 11.8. The van der Waals surface area contributed by atoms with E-state index in [1.54, 1.807) is 49.3 Å². The van der Waals surface area contributed by atoms with Gasteiger partial charge in [-0.1, -0.05) is 0 Å². The third kappa shape index (κ3) is 5.21. The number of aromatic nitrogens is 5. The lowest BCUT2D eigenvalue weighted by atomic mass is 10.0. The van der Waals surface area contributed by atoms with Gasteiger partial charge in [-0.25, -0.2) is 14.5 Å². The van der Waals surface area contributed by atoms with E-state index in [1.165, 1.54) is 6.20 Å². The highest BCUT2D eigenvalue weighted by Gasteiger charge is 2.22. The van der Waals surface area contributed by atoms with Crippen molar-refractivity contribution >= 4 is 11.3 Å². The smallest absolute Gasteiger partial charge is 0.232 e. The summed E-state index contributed by atoms with van der Waals surface area (Å²) in [6.45, 7) is 5.13. The van der Waals surface area contributed by atoms with Gasteiger partial charge in [0, 0.05) is 55.6 Å². The molecule has 0 spiro atoms. The Labute approximate surface area is 208 Å². The predicted octanol–water partition coefficient (Wildman–Crippen LogP) is 3.26. The van der Waals surface area contributed by atoms with Gasteiger partial charge >= 0.3 is 0 Å². The molecule has 1 saturated heterocycles. The van der Waals surface area contributed by atoms with E-state index < -0.39 is 5.60 Å². The Morgan fingerprint density at radius 2 is 1.97 bits per heavy atom. The van der Waals surface area contributed by atoms with Crippen molar-refractivity contribution in [3.8, 4) is 28.8 Å². The molecule has 0 aromatic carbocycles. The van der Waals surface area contributed by atoms with Crippen LogP contribution in [0.4, 0.5) is 5.82 Å². The number of anilines is 1. The molecule has 4 aromatic heterocycles. The lowest BCUT2D eigenvalue weighted by Gasteiger charge is -2.32. The minimum Gasteiger partial charge on any atom is -0.489 e. The Bertz CT molecular complexity index is 1370. The van der Waals surface area contributed by atoms with Gasteiger partial charge in [-0.05, 0) is 32.0 Å². The molecule has 5 heterocycles. The van der Waals surface area contributed by atoms with E-state index in [9.17, 15) is 10.4 Å². The average molecular weight is 486 g/mol. The van der Waals surface area contributed by atoms with Crippen molar-refractivity contribution < 1.29 is 14.6 Å². The number of hydrogen-bond acceptors (Lipinski definition) is 9. The van der Waals surface area contributed by atoms with Crippen LogP contribution < -0.4 is 14.4 Å². The summed E-state index contributed by atoms with van der Waals surface area (Å²) < 4.78 is 13.4. The molecule has 1 N–H and O–H groups in total. The molecule has 10 heteroatoms. The fraction of sp³-hybridized carbons (Fsp3) is 0.346. The first-order chi connectivity index (χ1) is 17.4.